The van der Waals surface area contributed by atoms with Gasteiger partial charge in [-0.15, -0.1) is 0 Å². The molecular formula is C21H24N6O. The zero-order valence-corrected chi connectivity index (χ0v) is 16.0. The van der Waals surface area contributed by atoms with E-state index in [-0.39, 0.29) is 5.95 Å². The van der Waals surface area contributed by atoms with Crippen LogP contribution in [0.1, 0.15) is 21.5 Å². The van der Waals surface area contributed by atoms with Crippen LogP contribution in [0, 0.1) is 13.8 Å². The number of aryl methyl sites for hydroxylation is 1. The number of hydrogen-bond donors (Lipinski definition) is 4. The number of rotatable bonds is 7. The highest BCUT2D eigenvalue weighted by molar-refractivity contribution is 5.98. The van der Waals surface area contributed by atoms with Crippen molar-refractivity contribution in [1.82, 2.24) is 9.97 Å². The van der Waals surface area contributed by atoms with Gasteiger partial charge in [0.1, 0.15) is 5.82 Å². The minimum absolute atomic E-state index is 0.216. The fourth-order valence-corrected chi connectivity index (χ4v) is 2.96. The zero-order valence-electron chi connectivity index (χ0n) is 16.0. The standard InChI is InChI=1S/C21H24N6O/c1-13-6-5-8-15(14(13)2)18-12-19(27-21(23)26-18)25-11-10-24-17-9-4-3-7-16(17)20(22)28/h3-9,12,24H,10-11H2,1-2H3,(H2,22,28)(H3,23,25,26,27). The van der Waals surface area contributed by atoms with Crippen molar-refractivity contribution >= 4 is 23.4 Å². The van der Waals surface area contributed by atoms with E-state index in [1.807, 2.05) is 30.3 Å². The van der Waals surface area contributed by atoms with Crippen molar-refractivity contribution in [2.75, 3.05) is 29.5 Å². The Kier molecular flexibility index (Phi) is 5.74. The lowest BCUT2D eigenvalue weighted by atomic mass is 10.0. The summed E-state index contributed by atoms with van der Waals surface area (Å²) in [5.74, 6) is 0.402. The van der Waals surface area contributed by atoms with E-state index in [4.69, 9.17) is 11.5 Å². The fourth-order valence-electron chi connectivity index (χ4n) is 2.96. The van der Waals surface area contributed by atoms with Gasteiger partial charge in [0.25, 0.3) is 5.91 Å². The number of primary amides is 1. The maximum absolute atomic E-state index is 11.5. The lowest BCUT2D eigenvalue weighted by Crippen LogP contribution is -2.18. The number of benzene rings is 2. The van der Waals surface area contributed by atoms with Gasteiger partial charge in [-0.2, -0.15) is 4.98 Å². The number of hydrogen-bond acceptors (Lipinski definition) is 6. The van der Waals surface area contributed by atoms with Crippen LogP contribution < -0.4 is 22.1 Å². The van der Waals surface area contributed by atoms with Crippen molar-refractivity contribution in [3.8, 4) is 11.3 Å². The lowest BCUT2D eigenvalue weighted by Gasteiger charge is -2.13. The Hall–Kier alpha value is -3.61. The lowest BCUT2D eigenvalue weighted by molar-refractivity contribution is 0.100. The summed E-state index contributed by atoms with van der Waals surface area (Å²) < 4.78 is 0. The van der Waals surface area contributed by atoms with Crippen molar-refractivity contribution in [2.45, 2.75) is 13.8 Å². The van der Waals surface area contributed by atoms with Gasteiger partial charge in [-0.05, 0) is 37.1 Å². The van der Waals surface area contributed by atoms with E-state index < -0.39 is 5.91 Å². The summed E-state index contributed by atoms with van der Waals surface area (Å²) in [7, 11) is 0. The largest absolute Gasteiger partial charge is 0.383 e. The SMILES string of the molecule is Cc1cccc(-c2cc(NCCNc3ccccc3C(N)=O)nc(N)n2)c1C. The molecule has 2 aromatic carbocycles. The molecule has 7 nitrogen and oxygen atoms in total. The number of para-hydroxylation sites is 1. The summed E-state index contributed by atoms with van der Waals surface area (Å²) in [6, 6.07) is 15.1. The second-order valence-electron chi connectivity index (χ2n) is 6.51. The van der Waals surface area contributed by atoms with E-state index in [0.29, 0.717) is 30.2 Å². The van der Waals surface area contributed by atoms with Gasteiger partial charge >= 0.3 is 0 Å². The molecule has 1 heterocycles. The molecule has 0 saturated carbocycles. The summed E-state index contributed by atoms with van der Waals surface area (Å²) in [6.07, 6.45) is 0. The maximum Gasteiger partial charge on any atom is 0.250 e. The molecule has 0 aliphatic rings. The molecule has 3 aromatic rings. The molecule has 1 amide bonds. The molecule has 144 valence electrons. The fraction of sp³-hybridized carbons (Fsp3) is 0.190. The number of nitrogens with zero attached hydrogens (tertiary/aromatic N) is 2. The van der Waals surface area contributed by atoms with Crippen molar-refractivity contribution < 1.29 is 4.79 Å². The Morgan fingerprint density at radius 3 is 2.54 bits per heavy atom. The number of nitrogens with one attached hydrogen (secondary N) is 2. The molecule has 28 heavy (non-hydrogen) atoms. The Morgan fingerprint density at radius 2 is 1.75 bits per heavy atom. The summed E-state index contributed by atoms with van der Waals surface area (Å²) in [4.78, 5) is 20.1. The summed E-state index contributed by atoms with van der Waals surface area (Å²) >= 11 is 0. The molecule has 3 rings (SSSR count). The predicted molar refractivity (Wildman–Crippen MR) is 113 cm³/mol. The van der Waals surface area contributed by atoms with Crippen LogP contribution in [0.3, 0.4) is 0 Å². The average Bonchev–Trinajstić information content (AvgIpc) is 2.67. The highest BCUT2D eigenvalue weighted by atomic mass is 16.1. The third-order valence-corrected chi connectivity index (χ3v) is 4.56. The summed E-state index contributed by atoms with van der Waals surface area (Å²) in [6.45, 7) is 5.29. The number of carbonyl (C=O) groups is 1. The van der Waals surface area contributed by atoms with Gasteiger partial charge in [0.05, 0.1) is 11.3 Å². The van der Waals surface area contributed by atoms with E-state index in [1.54, 1.807) is 12.1 Å². The van der Waals surface area contributed by atoms with E-state index in [0.717, 1.165) is 16.8 Å². The maximum atomic E-state index is 11.5. The summed E-state index contributed by atoms with van der Waals surface area (Å²) in [5, 5.41) is 6.44. The quantitative estimate of drug-likeness (QED) is 0.471. The van der Waals surface area contributed by atoms with Crippen LogP contribution in [-0.4, -0.2) is 29.0 Å². The van der Waals surface area contributed by atoms with Gasteiger partial charge in [-0.1, -0.05) is 30.3 Å². The molecule has 0 aliphatic heterocycles. The molecule has 0 spiro atoms. The first-order valence-corrected chi connectivity index (χ1v) is 9.03. The Morgan fingerprint density at radius 1 is 1.00 bits per heavy atom. The smallest absolute Gasteiger partial charge is 0.250 e. The molecule has 0 fully saturated rings. The Balaban J connectivity index is 1.68. The van der Waals surface area contributed by atoms with Gasteiger partial charge in [-0.25, -0.2) is 4.98 Å². The van der Waals surface area contributed by atoms with Crippen LogP contribution in [0.25, 0.3) is 11.3 Å². The number of nitrogen functional groups attached to an aromatic ring is 1. The van der Waals surface area contributed by atoms with Crippen LogP contribution in [0.5, 0.6) is 0 Å². The van der Waals surface area contributed by atoms with Crippen molar-refractivity contribution in [3.63, 3.8) is 0 Å². The molecule has 0 unspecified atom stereocenters. The third kappa shape index (κ3) is 4.37. The first-order valence-electron chi connectivity index (χ1n) is 9.03. The van der Waals surface area contributed by atoms with Gasteiger partial charge < -0.3 is 22.1 Å². The first kappa shape index (κ1) is 19.2. The second kappa shape index (κ2) is 8.39. The highest BCUT2D eigenvalue weighted by Gasteiger charge is 2.09. The topological polar surface area (TPSA) is 119 Å². The number of carbonyl (C=O) groups excluding carboxylic acids is 1. The molecule has 0 atom stereocenters. The van der Waals surface area contributed by atoms with Crippen molar-refractivity contribution in [3.05, 3.63) is 65.2 Å². The Bertz CT molecular complexity index is 1000. The minimum atomic E-state index is -0.460. The van der Waals surface area contributed by atoms with E-state index >= 15 is 0 Å². The van der Waals surface area contributed by atoms with Crippen molar-refractivity contribution in [2.24, 2.45) is 5.73 Å². The van der Waals surface area contributed by atoms with Crippen LogP contribution in [0.4, 0.5) is 17.5 Å². The number of anilines is 3. The van der Waals surface area contributed by atoms with Crippen LogP contribution >= 0.6 is 0 Å². The molecule has 0 bridgehead atoms. The van der Waals surface area contributed by atoms with E-state index in [2.05, 4.69) is 40.5 Å². The highest BCUT2D eigenvalue weighted by Crippen LogP contribution is 2.26. The van der Waals surface area contributed by atoms with Gasteiger partial charge in [0.15, 0.2) is 0 Å². The molecule has 7 heteroatoms. The zero-order chi connectivity index (χ0) is 20.1. The molecule has 0 radical (unpaired) electrons. The third-order valence-electron chi connectivity index (χ3n) is 4.56. The van der Waals surface area contributed by atoms with Gasteiger partial charge in [-0.3, -0.25) is 4.79 Å². The minimum Gasteiger partial charge on any atom is -0.383 e. The number of amides is 1. The predicted octanol–water partition coefficient (Wildman–Crippen LogP) is 2.97. The van der Waals surface area contributed by atoms with Crippen LogP contribution in [0.2, 0.25) is 0 Å². The van der Waals surface area contributed by atoms with Gasteiger partial charge in [0, 0.05) is 30.4 Å². The molecule has 0 aliphatic carbocycles. The van der Waals surface area contributed by atoms with Crippen LogP contribution in [-0.2, 0) is 0 Å². The van der Waals surface area contributed by atoms with Gasteiger partial charge in [0.2, 0.25) is 5.95 Å². The van der Waals surface area contributed by atoms with E-state index in [9.17, 15) is 4.79 Å². The molecule has 6 N–H and O–H groups in total. The van der Waals surface area contributed by atoms with E-state index in [1.165, 1.54) is 5.56 Å². The number of nitrogens with two attached hydrogens (primary N) is 2. The average molecular weight is 376 g/mol. The molecule has 1 aromatic heterocycles. The Labute approximate surface area is 164 Å². The summed E-state index contributed by atoms with van der Waals surface area (Å²) in [5.41, 5.74) is 16.6. The van der Waals surface area contributed by atoms with Crippen LogP contribution in [0.15, 0.2) is 48.5 Å². The number of aromatic nitrogens is 2. The van der Waals surface area contributed by atoms with Crippen molar-refractivity contribution in [1.29, 1.82) is 0 Å². The normalized spacial score (nSPS) is 10.5. The first-order chi connectivity index (χ1) is 13.5. The second-order valence-corrected chi connectivity index (χ2v) is 6.51. The molecular weight excluding hydrogens is 352 g/mol. The molecule has 0 saturated heterocycles. The monoisotopic (exact) mass is 376 g/mol.